The Morgan fingerprint density at radius 3 is 2.68 bits per heavy atom. The maximum Gasteiger partial charge on any atom is 0.319 e. The molecule has 0 saturated carbocycles. The smallest absolute Gasteiger partial charge is 0.319 e. The van der Waals surface area contributed by atoms with E-state index in [0.717, 1.165) is 17.0 Å². The number of urea groups is 1. The van der Waals surface area contributed by atoms with Gasteiger partial charge in [0.1, 0.15) is 18.1 Å². The Kier molecular flexibility index (Phi) is 6.84. The van der Waals surface area contributed by atoms with Crippen LogP contribution in [-0.4, -0.2) is 17.6 Å². The van der Waals surface area contributed by atoms with Gasteiger partial charge in [-0.05, 0) is 48.9 Å². The zero-order chi connectivity index (χ0) is 19.6. The maximum absolute atomic E-state index is 12.2. The molecule has 0 aliphatic heterocycles. The summed E-state index contributed by atoms with van der Waals surface area (Å²) in [5, 5.41) is 5.66. The molecule has 0 aliphatic rings. The quantitative estimate of drug-likeness (QED) is 0.611. The van der Waals surface area contributed by atoms with Gasteiger partial charge >= 0.3 is 6.03 Å². The first-order valence-electron chi connectivity index (χ1n) is 9.13. The molecule has 0 fully saturated rings. The Labute approximate surface area is 164 Å². The molecule has 6 heteroatoms. The predicted octanol–water partition coefficient (Wildman–Crippen LogP) is 4.38. The molecule has 0 aliphatic carbocycles. The molecule has 0 unspecified atom stereocenters. The number of carbonyl (C=O) groups excluding carboxylic acids is 1. The second-order valence-electron chi connectivity index (χ2n) is 5.99. The number of rotatable bonds is 8. The van der Waals surface area contributed by atoms with Gasteiger partial charge < -0.3 is 20.1 Å². The van der Waals surface area contributed by atoms with E-state index >= 15 is 0 Å². The van der Waals surface area contributed by atoms with Gasteiger partial charge in [0.2, 0.25) is 0 Å². The van der Waals surface area contributed by atoms with Crippen LogP contribution < -0.4 is 20.1 Å². The Balaban J connectivity index is 1.52. The Bertz CT molecular complexity index is 900. The number of carbonyl (C=O) groups is 1. The fraction of sp³-hybridized carbons (Fsp3) is 0.182. The van der Waals surface area contributed by atoms with Crippen LogP contribution in [-0.2, 0) is 13.2 Å². The molecular weight excluding hydrogens is 354 g/mol. The summed E-state index contributed by atoms with van der Waals surface area (Å²) in [6, 6.07) is 20.4. The lowest BCUT2D eigenvalue weighted by Crippen LogP contribution is -2.28. The van der Waals surface area contributed by atoms with Gasteiger partial charge in [0.15, 0.2) is 0 Å². The van der Waals surface area contributed by atoms with Gasteiger partial charge in [-0.2, -0.15) is 0 Å². The van der Waals surface area contributed by atoms with E-state index in [9.17, 15) is 4.79 Å². The molecule has 0 spiro atoms. The Morgan fingerprint density at radius 2 is 1.86 bits per heavy atom. The standard InChI is InChI=1S/C22H23N3O3/c1-2-27-21-12-4-3-11-20(21)25-22(26)24-15-17-8-7-10-19(14-17)28-16-18-9-5-6-13-23-18/h3-14H,2,15-16H2,1H3,(H2,24,25,26). The number of nitrogens with zero attached hydrogens (tertiary/aromatic N) is 1. The lowest BCUT2D eigenvalue weighted by atomic mass is 10.2. The topological polar surface area (TPSA) is 72.5 Å². The molecule has 0 atom stereocenters. The van der Waals surface area contributed by atoms with E-state index in [1.54, 1.807) is 12.3 Å². The van der Waals surface area contributed by atoms with Crippen LogP contribution >= 0.6 is 0 Å². The van der Waals surface area contributed by atoms with Crippen molar-refractivity contribution < 1.29 is 14.3 Å². The average Bonchev–Trinajstić information content (AvgIpc) is 2.73. The molecule has 1 heterocycles. The van der Waals surface area contributed by atoms with E-state index < -0.39 is 0 Å². The number of amides is 2. The summed E-state index contributed by atoms with van der Waals surface area (Å²) in [4.78, 5) is 16.5. The molecule has 6 nitrogen and oxygen atoms in total. The summed E-state index contributed by atoms with van der Waals surface area (Å²) >= 11 is 0. The second kappa shape index (κ2) is 9.97. The molecule has 28 heavy (non-hydrogen) atoms. The van der Waals surface area contributed by atoms with E-state index in [2.05, 4.69) is 15.6 Å². The van der Waals surface area contributed by atoms with Crippen molar-refractivity contribution in [2.75, 3.05) is 11.9 Å². The van der Waals surface area contributed by atoms with E-state index in [4.69, 9.17) is 9.47 Å². The van der Waals surface area contributed by atoms with Crippen molar-refractivity contribution in [1.29, 1.82) is 0 Å². The highest BCUT2D eigenvalue weighted by molar-refractivity contribution is 5.90. The molecule has 0 bridgehead atoms. The highest BCUT2D eigenvalue weighted by atomic mass is 16.5. The van der Waals surface area contributed by atoms with Crippen LogP contribution in [0.5, 0.6) is 11.5 Å². The number of aromatic nitrogens is 1. The zero-order valence-electron chi connectivity index (χ0n) is 15.7. The fourth-order valence-corrected chi connectivity index (χ4v) is 2.59. The summed E-state index contributed by atoms with van der Waals surface area (Å²) in [6.07, 6.45) is 1.74. The predicted molar refractivity (Wildman–Crippen MR) is 108 cm³/mol. The molecule has 3 rings (SSSR count). The Hall–Kier alpha value is -3.54. The summed E-state index contributed by atoms with van der Waals surface area (Å²) in [5.74, 6) is 1.37. The number of para-hydroxylation sites is 2. The third-order valence-corrected chi connectivity index (χ3v) is 3.90. The van der Waals surface area contributed by atoms with Crippen molar-refractivity contribution in [3.8, 4) is 11.5 Å². The minimum atomic E-state index is -0.299. The van der Waals surface area contributed by atoms with Crippen molar-refractivity contribution in [3.63, 3.8) is 0 Å². The summed E-state index contributed by atoms with van der Waals surface area (Å²) in [7, 11) is 0. The van der Waals surface area contributed by atoms with Crippen molar-refractivity contribution >= 4 is 11.7 Å². The molecule has 0 saturated heterocycles. The molecular formula is C22H23N3O3. The maximum atomic E-state index is 12.2. The highest BCUT2D eigenvalue weighted by Crippen LogP contribution is 2.23. The van der Waals surface area contributed by atoms with E-state index in [1.165, 1.54) is 0 Å². The first-order chi connectivity index (χ1) is 13.7. The van der Waals surface area contributed by atoms with E-state index in [1.807, 2.05) is 67.6 Å². The van der Waals surface area contributed by atoms with E-state index in [0.29, 0.717) is 31.2 Å². The van der Waals surface area contributed by atoms with Crippen LogP contribution in [0.4, 0.5) is 10.5 Å². The van der Waals surface area contributed by atoms with E-state index in [-0.39, 0.29) is 6.03 Å². The van der Waals surface area contributed by atoms with Crippen LogP contribution in [0.2, 0.25) is 0 Å². The van der Waals surface area contributed by atoms with Gasteiger partial charge in [-0.1, -0.05) is 30.3 Å². The first-order valence-corrected chi connectivity index (χ1v) is 9.13. The van der Waals surface area contributed by atoms with Crippen LogP contribution in [0.25, 0.3) is 0 Å². The fourth-order valence-electron chi connectivity index (χ4n) is 2.59. The van der Waals surface area contributed by atoms with Crippen molar-refractivity contribution in [3.05, 3.63) is 84.2 Å². The third kappa shape index (κ3) is 5.74. The molecule has 1 aromatic heterocycles. The van der Waals surface area contributed by atoms with Gasteiger partial charge in [-0.3, -0.25) is 4.98 Å². The minimum Gasteiger partial charge on any atom is -0.492 e. The number of anilines is 1. The number of pyridine rings is 1. The molecule has 0 radical (unpaired) electrons. The Morgan fingerprint density at radius 1 is 1.00 bits per heavy atom. The molecule has 2 amide bonds. The van der Waals surface area contributed by atoms with Crippen molar-refractivity contribution in [2.45, 2.75) is 20.1 Å². The van der Waals surface area contributed by atoms with Crippen LogP contribution in [0.15, 0.2) is 72.9 Å². The summed E-state index contributed by atoms with van der Waals surface area (Å²) in [6.45, 7) is 3.21. The number of benzene rings is 2. The van der Waals surface area contributed by atoms with Gasteiger partial charge in [-0.25, -0.2) is 4.79 Å². The summed E-state index contributed by atoms with van der Waals surface area (Å²) in [5.41, 5.74) is 2.43. The number of ether oxygens (including phenoxy) is 2. The third-order valence-electron chi connectivity index (χ3n) is 3.90. The lowest BCUT2D eigenvalue weighted by molar-refractivity contribution is 0.251. The monoisotopic (exact) mass is 377 g/mol. The molecule has 2 N–H and O–H groups in total. The molecule has 3 aromatic rings. The van der Waals surface area contributed by atoms with Crippen molar-refractivity contribution in [2.24, 2.45) is 0 Å². The van der Waals surface area contributed by atoms with Gasteiger partial charge in [0.05, 0.1) is 18.0 Å². The largest absolute Gasteiger partial charge is 0.492 e. The van der Waals surface area contributed by atoms with Gasteiger partial charge in [-0.15, -0.1) is 0 Å². The minimum absolute atomic E-state index is 0.299. The van der Waals surface area contributed by atoms with Crippen LogP contribution in [0.3, 0.4) is 0 Å². The number of hydrogen-bond donors (Lipinski definition) is 2. The van der Waals surface area contributed by atoms with Gasteiger partial charge in [0, 0.05) is 12.7 Å². The SMILES string of the molecule is CCOc1ccccc1NC(=O)NCc1cccc(OCc2ccccn2)c1. The number of hydrogen-bond acceptors (Lipinski definition) is 4. The lowest BCUT2D eigenvalue weighted by Gasteiger charge is -2.12. The van der Waals surface area contributed by atoms with Crippen molar-refractivity contribution in [1.82, 2.24) is 10.3 Å². The summed E-state index contributed by atoms with van der Waals surface area (Å²) < 4.78 is 11.3. The normalized spacial score (nSPS) is 10.2. The number of nitrogens with one attached hydrogen (secondary N) is 2. The zero-order valence-corrected chi connectivity index (χ0v) is 15.7. The first kappa shape index (κ1) is 19.2. The molecule has 144 valence electrons. The van der Waals surface area contributed by atoms with Crippen LogP contribution in [0, 0.1) is 0 Å². The van der Waals surface area contributed by atoms with Gasteiger partial charge in [0.25, 0.3) is 0 Å². The molecule has 2 aromatic carbocycles. The second-order valence-corrected chi connectivity index (χ2v) is 5.99. The average molecular weight is 377 g/mol. The highest BCUT2D eigenvalue weighted by Gasteiger charge is 2.07. The van der Waals surface area contributed by atoms with Crippen LogP contribution in [0.1, 0.15) is 18.2 Å².